The quantitative estimate of drug-likeness (QED) is 0.264. The number of rotatable bonds is 8. The highest BCUT2D eigenvalue weighted by Gasteiger charge is 2.27. The Balaban J connectivity index is 1.57. The van der Waals surface area contributed by atoms with Gasteiger partial charge in [-0.1, -0.05) is 42.5 Å². The van der Waals surface area contributed by atoms with Gasteiger partial charge in [0.1, 0.15) is 6.54 Å². The van der Waals surface area contributed by atoms with Gasteiger partial charge < -0.3 is 4.57 Å². The van der Waals surface area contributed by atoms with E-state index in [1.807, 2.05) is 70.2 Å². The average molecular weight is 515 g/mol. The maximum atomic E-state index is 13.5. The Kier molecular flexibility index (Phi) is 7.59. The van der Waals surface area contributed by atoms with E-state index in [4.69, 9.17) is 0 Å². The van der Waals surface area contributed by atoms with Crippen LogP contribution in [0.15, 0.2) is 94.9 Å². The molecule has 0 radical (unpaired) electrons. The number of aromatic nitrogens is 1. The minimum absolute atomic E-state index is 0.110. The molecule has 7 nitrogen and oxygen atoms in total. The fourth-order valence-corrected chi connectivity index (χ4v) is 5.79. The van der Waals surface area contributed by atoms with Crippen molar-refractivity contribution in [2.45, 2.75) is 32.6 Å². The van der Waals surface area contributed by atoms with Crippen molar-refractivity contribution in [1.29, 1.82) is 0 Å². The highest BCUT2D eigenvalue weighted by molar-refractivity contribution is 7.92. The maximum absolute atomic E-state index is 13.5. The van der Waals surface area contributed by atoms with E-state index >= 15 is 0 Å². The number of benzene rings is 3. The van der Waals surface area contributed by atoms with Gasteiger partial charge in [-0.15, -0.1) is 0 Å². The van der Waals surface area contributed by atoms with Gasteiger partial charge in [-0.3, -0.25) is 9.10 Å². The third-order valence-corrected chi connectivity index (χ3v) is 7.78. The molecule has 0 bridgehead atoms. The average Bonchev–Trinajstić information content (AvgIpc) is 3.15. The summed E-state index contributed by atoms with van der Waals surface area (Å²) >= 11 is 0. The lowest BCUT2D eigenvalue weighted by Crippen LogP contribution is -2.39. The normalized spacial score (nSPS) is 11.6. The second-order valence-electron chi connectivity index (χ2n) is 8.96. The molecule has 4 rings (SSSR count). The van der Waals surface area contributed by atoms with Gasteiger partial charge in [0.2, 0.25) is 0 Å². The van der Waals surface area contributed by atoms with E-state index in [2.05, 4.69) is 15.1 Å². The second-order valence-corrected chi connectivity index (χ2v) is 10.8. The summed E-state index contributed by atoms with van der Waals surface area (Å²) in [5, 5.41) is 4.13. The fraction of sp³-hybridized carbons (Fsp3) is 0.172. The van der Waals surface area contributed by atoms with Crippen molar-refractivity contribution in [2.24, 2.45) is 5.10 Å². The monoisotopic (exact) mass is 514 g/mol. The standard InChI is InChI=1S/C29H30N4O3S/c1-21-15-22(2)17-27(16-21)32(37(35,36)28-13-9-6-10-14-28)20-29(34)31-30-19-25-18-23(3)33(24(25)4)26-11-7-5-8-12-26/h5-19H,20H2,1-4H3,(H,31,34)/b30-19+. The van der Waals surface area contributed by atoms with Crippen LogP contribution in [0.4, 0.5) is 5.69 Å². The summed E-state index contributed by atoms with van der Waals surface area (Å²) in [5.74, 6) is -0.549. The summed E-state index contributed by atoms with van der Waals surface area (Å²) < 4.78 is 30.2. The molecule has 1 heterocycles. The number of para-hydroxylation sites is 1. The molecule has 1 aromatic heterocycles. The van der Waals surface area contributed by atoms with Crippen molar-refractivity contribution < 1.29 is 13.2 Å². The molecular weight excluding hydrogens is 484 g/mol. The summed E-state index contributed by atoms with van der Waals surface area (Å²) in [4.78, 5) is 13.0. The number of hydrogen-bond donors (Lipinski definition) is 1. The van der Waals surface area contributed by atoms with E-state index in [9.17, 15) is 13.2 Å². The van der Waals surface area contributed by atoms with Crippen LogP contribution in [0.1, 0.15) is 28.1 Å². The molecule has 0 saturated heterocycles. The minimum atomic E-state index is -3.98. The SMILES string of the molecule is Cc1cc(C)cc(N(CC(=O)N/N=C/c2cc(C)n(-c3ccccc3)c2C)S(=O)(=O)c2ccccc2)c1. The highest BCUT2D eigenvalue weighted by atomic mass is 32.2. The number of carbonyl (C=O) groups excluding carboxylic acids is 1. The lowest BCUT2D eigenvalue weighted by atomic mass is 10.1. The van der Waals surface area contributed by atoms with E-state index in [1.165, 1.54) is 12.1 Å². The maximum Gasteiger partial charge on any atom is 0.264 e. The van der Waals surface area contributed by atoms with E-state index < -0.39 is 22.5 Å². The number of carbonyl (C=O) groups is 1. The Bertz CT molecular complexity index is 1520. The first-order chi connectivity index (χ1) is 17.7. The Hall–Kier alpha value is -4.17. The summed E-state index contributed by atoms with van der Waals surface area (Å²) in [6.45, 7) is 7.35. The van der Waals surface area contributed by atoms with Crippen LogP contribution in [0, 0.1) is 27.7 Å². The number of anilines is 1. The lowest BCUT2D eigenvalue weighted by molar-refractivity contribution is -0.119. The topological polar surface area (TPSA) is 83.8 Å². The lowest BCUT2D eigenvalue weighted by Gasteiger charge is -2.24. The van der Waals surface area contributed by atoms with Crippen LogP contribution in [0.5, 0.6) is 0 Å². The van der Waals surface area contributed by atoms with Gasteiger partial charge in [-0.25, -0.2) is 13.8 Å². The number of amides is 1. The first-order valence-electron chi connectivity index (χ1n) is 11.9. The van der Waals surface area contributed by atoms with Gasteiger partial charge in [0.15, 0.2) is 0 Å². The minimum Gasteiger partial charge on any atom is -0.318 e. The Morgan fingerprint density at radius 2 is 1.49 bits per heavy atom. The number of nitrogens with one attached hydrogen (secondary N) is 1. The number of nitrogens with zero attached hydrogens (tertiary/aromatic N) is 3. The number of sulfonamides is 1. The van der Waals surface area contributed by atoms with Crippen molar-refractivity contribution in [3.8, 4) is 5.69 Å². The molecule has 3 aromatic carbocycles. The van der Waals surface area contributed by atoms with Crippen molar-refractivity contribution in [1.82, 2.24) is 9.99 Å². The van der Waals surface area contributed by atoms with Crippen molar-refractivity contribution >= 4 is 27.8 Å². The molecule has 8 heteroatoms. The Labute approximate surface area is 218 Å². The highest BCUT2D eigenvalue weighted by Crippen LogP contribution is 2.26. The third-order valence-electron chi connectivity index (χ3n) is 5.99. The van der Waals surface area contributed by atoms with E-state index in [0.717, 1.165) is 38.1 Å². The summed E-state index contributed by atoms with van der Waals surface area (Å²) in [6.07, 6.45) is 1.58. The zero-order chi connectivity index (χ0) is 26.6. The molecule has 190 valence electrons. The molecule has 37 heavy (non-hydrogen) atoms. The summed E-state index contributed by atoms with van der Waals surface area (Å²) in [7, 11) is -3.98. The molecule has 0 spiro atoms. The van der Waals surface area contributed by atoms with E-state index in [0.29, 0.717) is 5.69 Å². The third kappa shape index (κ3) is 5.81. The van der Waals surface area contributed by atoms with Crippen molar-refractivity contribution in [2.75, 3.05) is 10.8 Å². The van der Waals surface area contributed by atoms with Crippen LogP contribution in [0.2, 0.25) is 0 Å². The van der Waals surface area contributed by atoms with Gasteiger partial charge in [0.05, 0.1) is 16.8 Å². The molecule has 0 aliphatic rings. The van der Waals surface area contributed by atoms with Gasteiger partial charge in [-0.2, -0.15) is 5.10 Å². The Morgan fingerprint density at radius 1 is 0.892 bits per heavy atom. The van der Waals surface area contributed by atoms with Crippen LogP contribution in [-0.4, -0.2) is 31.7 Å². The molecule has 0 fully saturated rings. The molecule has 0 saturated carbocycles. The van der Waals surface area contributed by atoms with Gasteiger partial charge in [0, 0.05) is 22.6 Å². The van der Waals surface area contributed by atoms with Gasteiger partial charge in [0.25, 0.3) is 15.9 Å². The zero-order valence-corrected chi connectivity index (χ0v) is 22.2. The van der Waals surface area contributed by atoms with Gasteiger partial charge >= 0.3 is 0 Å². The zero-order valence-electron chi connectivity index (χ0n) is 21.3. The van der Waals surface area contributed by atoms with Crippen LogP contribution in [-0.2, 0) is 14.8 Å². The molecule has 0 unspecified atom stereocenters. The van der Waals surface area contributed by atoms with Gasteiger partial charge in [-0.05, 0) is 81.3 Å². The van der Waals surface area contributed by atoms with Crippen LogP contribution >= 0.6 is 0 Å². The largest absolute Gasteiger partial charge is 0.318 e. The summed E-state index contributed by atoms with van der Waals surface area (Å²) in [6, 6.07) is 25.5. The molecule has 4 aromatic rings. The van der Waals surface area contributed by atoms with Crippen molar-refractivity contribution in [3.05, 3.63) is 113 Å². The number of hydrazone groups is 1. The predicted molar refractivity (Wildman–Crippen MR) is 148 cm³/mol. The number of aryl methyl sites for hydroxylation is 3. The van der Waals surface area contributed by atoms with E-state index in [1.54, 1.807) is 36.5 Å². The fourth-order valence-electron chi connectivity index (χ4n) is 4.36. The molecule has 1 N–H and O–H groups in total. The number of hydrogen-bond acceptors (Lipinski definition) is 4. The first kappa shape index (κ1) is 25.9. The smallest absolute Gasteiger partial charge is 0.264 e. The summed E-state index contributed by atoms with van der Waals surface area (Å²) in [5.41, 5.74) is 8.62. The second kappa shape index (κ2) is 10.8. The van der Waals surface area contributed by atoms with Crippen LogP contribution in [0.3, 0.4) is 0 Å². The first-order valence-corrected chi connectivity index (χ1v) is 13.3. The molecule has 0 aliphatic heterocycles. The van der Waals surface area contributed by atoms with E-state index in [-0.39, 0.29) is 4.90 Å². The molecule has 1 amide bonds. The Morgan fingerprint density at radius 3 is 2.11 bits per heavy atom. The molecular formula is C29H30N4O3S. The van der Waals surface area contributed by atoms with Crippen LogP contribution < -0.4 is 9.73 Å². The molecule has 0 atom stereocenters. The van der Waals surface area contributed by atoms with Crippen molar-refractivity contribution in [3.63, 3.8) is 0 Å². The predicted octanol–water partition coefficient (Wildman–Crippen LogP) is 5.06. The van der Waals surface area contributed by atoms with Crippen LogP contribution in [0.25, 0.3) is 5.69 Å². The molecule has 0 aliphatic carbocycles.